The summed E-state index contributed by atoms with van der Waals surface area (Å²) in [5.41, 5.74) is 6.27. The molecule has 0 N–H and O–H groups in total. The van der Waals surface area contributed by atoms with Crippen LogP contribution in [-0.2, 0) is 6.42 Å². The Morgan fingerprint density at radius 3 is 2.33 bits per heavy atom. The van der Waals surface area contributed by atoms with Crippen LogP contribution in [0.3, 0.4) is 0 Å². The van der Waals surface area contributed by atoms with Gasteiger partial charge < -0.3 is 0 Å². The van der Waals surface area contributed by atoms with Crippen LogP contribution in [0.2, 0.25) is 0 Å². The maximum atomic E-state index is 12.8. The number of carbonyl (C=O) groups is 1. The van der Waals surface area contributed by atoms with Crippen molar-refractivity contribution in [3.05, 3.63) is 107 Å². The first-order valence-electron chi connectivity index (χ1n) is 9.87. The Bertz CT molecular complexity index is 927. The molecule has 1 aliphatic carbocycles. The second kappa shape index (κ2) is 7.52. The zero-order valence-corrected chi connectivity index (χ0v) is 16.1. The normalized spacial score (nSPS) is 19.5. The lowest BCUT2D eigenvalue weighted by molar-refractivity contribution is 0.0965. The van der Waals surface area contributed by atoms with Crippen molar-refractivity contribution >= 4 is 5.78 Å². The molecular formula is C26H26O. The number of carbonyl (C=O) groups excluding carboxylic acids is 1. The van der Waals surface area contributed by atoms with Gasteiger partial charge in [-0.15, -0.1) is 0 Å². The van der Waals surface area contributed by atoms with Crippen molar-refractivity contribution in [2.24, 2.45) is 5.92 Å². The highest BCUT2D eigenvalue weighted by molar-refractivity contribution is 6.00. The van der Waals surface area contributed by atoms with E-state index in [1.807, 2.05) is 30.3 Å². The maximum Gasteiger partial charge on any atom is 0.166 e. The van der Waals surface area contributed by atoms with Gasteiger partial charge in [-0.3, -0.25) is 4.79 Å². The van der Waals surface area contributed by atoms with E-state index in [1.165, 1.54) is 22.3 Å². The molecule has 0 aliphatic heterocycles. The van der Waals surface area contributed by atoms with Crippen LogP contribution in [0.1, 0.15) is 57.8 Å². The quantitative estimate of drug-likeness (QED) is 0.473. The van der Waals surface area contributed by atoms with Crippen molar-refractivity contribution in [2.75, 3.05) is 0 Å². The van der Waals surface area contributed by atoms with E-state index in [2.05, 4.69) is 62.4 Å². The number of Topliss-reactive ketones (excluding diaryl/α,β-unsaturated/α-hetero) is 1. The molecule has 4 rings (SSSR count). The van der Waals surface area contributed by atoms with Gasteiger partial charge in [0.15, 0.2) is 5.78 Å². The molecule has 0 bridgehead atoms. The summed E-state index contributed by atoms with van der Waals surface area (Å²) in [6.07, 6.45) is 1.99. The van der Waals surface area contributed by atoms with Crippen LogP contribution in [-0.4, -0.2) is 5.78 Å². The maximum absolute atomic E-state index is 12.8. The fourth-order valence-electron chi connectivity index (χ4n) is 4.12. The average molecular weight is 354 g/mol. The van der Waals surface area contributed by atoms with Crippen LogP contribution < -0.4 is 0 Å². The first-order valence-corrected chi connectivity index (χ1v) is 9.87. The third-order valence-corrected chi connectivity index (χ3v) is 5.78. The van der Waals surface area contributed by atoms with Gasteiger partial charge in [0, 0.05) is 11.5 Å². The van der Waals surface area contributed by atoms with Crippen molar-refractivity contribution < 1.29 is 4.79 Å². The van der Waals surface area contributed by atoms with Crippen molar-refractivity contribution in [1.82, 2.24) is 0 Å². The van der Waals surface area contributed by atoms with Gasteiger partial charge in [-0.2, -0.15) is 0 Å². The summed E-state index contributed by atoms with van der Waals surface area (Å²) in [6, 6.07) is 27.2. The van der Waals surface area contributed by atoms with Crippen LogP contribution in [0.5, 0.6) is 0 Å². The molecule has 1 saturated carbocycles. The highest BCUT2D eigenvalue weighted by Crippen LogP contribution is 2.50. The van der Waals surface area contributed by atoms with Gasteiger partial charge in [-0.1, -0.05) is 91.3 Å². The molecule has 1 nitrogen and oxygen atoms in total. The van der Waals surface area contributed by atoms with E-state index in [4.69, 9.17) is 0 Å². The SMILES string of the molecule is Cc1ccc(CC(C)c2ccccc2)c(C2CC2C(=O)c2ccccc2)c1. The number of aryl methyl sites for hydroxylation is 1. The first kappa shape index (κ1) is 17.7. The number of rotatable bonds is 6. The highest BCUT2D eigenvalue weighted by Gasteiger charge is 2.44. The summed E-state index contributed by atoms with van der Waals surface area (Å²) in [4.78, 5) is 12.8. The van der Waals surface area contributed by atoms with Crippen molar-refractivity contribution in [1.29, 1.82) is 0 Å². The summed E-state index contributed by atoms with van der Waals surface area (Å²) in [5, 5.41) is 0. The average Bonchev–Trinajstić information content (AvgIpc) is 3.51. The molecule has 1 aliphatic rings. The van der Waals surface area contributed by atoms with Crippen LogP contribution in [0.4, 0.5) is 0 Å². The lowest BCUT2D eigenvalue weighted by atomic mass is 9.88. The topological polar surface area (TPSA) is 17.1 Å². The third kappa shape index (κ3) is 3.88. The van der Waals surface area contributed by atoms with Gasteiger partial charge in [0.05, 0.1) is 0 Å². The van der Waals surface area contributed by atoms with Gasteiger partial charge in [-0.25, -0.2) is 0 Å². The largest absolute Gasteiger partial charge is 0.294 e. The van der Waals surface area contributed by atoms with E-state index in [0.29, 0.717) is 17.6 Å². The van der Waals surface area contributed by atoms with E-state index in [9.17, 15) is 4.79 Å². The number of hydrogen-bond acceptors (Lipinski definition) is 1. The fraction of sp³-hybridized carbons (Fsp3) is 0.269. The van der Waals surface area contributed by atoms with E-state index in [-0.39, 0.29) is 5.92 Å². The van der Waals surface area contributed by atoms with Gasteiger partial charge in [0.2, 0.25) is 0 Å². The summed E-state index contributed by atoms with van der Waals surface area (Å²) in [5.74, 6) is 1.27. The third-order valence-electron chi connectivity index (χ3n) is 5.78. The molecule has 0 aromatic heterocycles. The Kier molecular flexibility index (Phi) is 4.94. The Morgan fingerprint density at radius 2 is 1.63 bits per heavy atom. The lowest BCUT2D eigenvalue weighted by Crippen LogP contribution is -2.05. The molecule has 0 heterocycles. The van der Waals surface area contributed by atoms with Crippen molar-refractivity contribution in [2.45, 2.75) is 38.5 Å². The van der Waals surface area contributed by atoms with Crippen molar-refractivity contribution in [3.63, 3.8) is 0 Å². The number of ketones is 1. The molecule has 0 amide bonds. The first-order chi connectivity index (χ1) is 13.1. The van der Waals surface area contributed by atoms with Gasteiger partial charge in [-0.05, 0) is 48.3 Å². The predicted molar refractivity (Wildman–Crippen MR) is 111 cm³/mol. The Hall–Kier alpha value is -2.67. The second-order valence-corrected chi connectivity index (χ2v) is 7.90. The molecule has 0 radical (unpaired) electrons. The number of benzene rings is 3. The molecule has 0 spiro atoms. The molecule has 27 heavy (non-hydrogen) atoms. The summed E-state index contributed by atoms with van der Waals surface area (Å²) in [7, 11) is 0. The van der Waals surface area contributed by atoms with Gasteiger partial charge >= 0.3 is 0 Å². The molecule has 1 fully saturated rings. The zero-order valence-electron chi connectivity index (χ0n) is 16.1. The molecule has 3 aromatic rings. The predicted octanol–water partition coefficient (Wildman–Crippen LogP) is 6.33. The minimum absolute atomic E-state index is 0.139. The minimum atomic E-state index is 0.139. The summed E-state index contributed by atoms with van der Waals surface area (Å²) in [6.45, 7) is 4.43. The number of hydrogen-bond donors (Lipinski definition) is 0. The second-order valence-electron chi connectivity index (χ2n) is 7.90. The summed E-state index contributed by atoms with van der Waals surface area (Å²) >= 11 is 0. The molecular weight excluding hydrogens is 328 g/mol. The highest BCUT2D eigenvalue weighted by atomic mass is 16.1. The van der Waals surface area contributed by atoms with E-state index in [1.54, 1.807) is 0 Å². The standard InChI is InChI=1S/C26H26O/c1-18-13-14-22(16-19(2)20-9-5-3-6-10-20)23(15-18)24-17-25(24)26(27)21-11-7-4-8-12-21/h3-15,19,24-25H,16-17H2,1-2H3. The van der Waals surface area contributed by atoms with E-state index < -0.39 is 0 Å². The summed E-state index contributed by atoms with van der Waals surface area (Å²) < 4.78 is 0. The Labute approximate surface area is 162 Å². The monoisotopic (exact) mass is 354 g/mol. The lowest BCUT2D eigenvalue weighted by Gasteiger charge is -2.16. The van der Waals surface area contributed by atoms with Crippen LogP contribution in [0, 0.1) is 12.8 Å². The molecule has 3 atom stereocenters. The smallest absolute Gasteiger partial charge is 0.166 e. The van der Waals surface area contributed by atoms with E-state index >= 15 is 0 Å². The van der Waals surface area contributed by atoms with Crippen LogP contribution >= 0.6 is 0 Å². The van der Waals surface area contributed by atoms with Crippen molar-refractivity contribution in [3.8, 4) is 0 Å². The van der Waals surface area contributed by atoms with Crippen LogP contribution in [0.15, 0.2) is 78.9 Å². The Morgan fingerprint density at radius 1 is 0.963 bits per heavy atom. The zero-order chi connectivity index (χ0) is 18.8. The fourth-order valence-corrected chi connectivity index (χ4v) is 4.12. The molecule has 0 saturated heterocycles. The Balaban J connectivity index is 1.55. The minimum Gasteiger partial charge on any atom is -0.294 e. The van der Waals surface area contributed by atoms with Crippen LogP contribution in [0.25, 0.3) is 0 Å². The van der Waals surface area contributed by atoms with Gasteiger partial charge in [0.25, 0.3) is 0 Å². The van der Waals surface area contributed by atoms with E-state index in [0.717, 1.165) is 18.4 Å². The molecule has 1 heteroatoms. The molecule has 3 aromatic carbocycles. The molecule has 136 valence electrons. The molecule has 3 unspecified atom stereocenters. The van der Waals surface area contributed by atoms with Gasteiger partial charge in [0.1, 0.15) is 0 Å².